The van der Waals surface area contributed by atoms with Gasteiger partial charge in [0.2, 0.25) is 0 Å². The zero-order valence-corrected chi connectivity index (χ0v) is 7.81. The van der Waals surface area contributed by atoms with Crippen molar-refractivity contribution >= 4 is 12.7 Å². The van der Waals surface area contributed by atoms with Crippen LogP contribution in [0.5, 0.6) is 0 Å². The van der Waals surface area contributed by atoms with Crippen LogP contribution in [-0.4, -0.2) is 10.2 Å². The molecule has 64 valence electrons. The van der Waals surface area contributed by atoms with Gasteiger partial charge in [-0.25, -0.2) is 0 Å². The molecule has 1 heterocycles. The van der Waals surface area contributed by atoms with E-state index in [-0.39, 0.29) is 0 Å². The van der Waals surface area contributed by atoms with Crippen molar-refractivity contribution in [1.29, 1.82) is 0 Å². The highest BCUT2D eigenvalue weighted by molar-refractivity contribution is 5.43. The molecule has 0 bridgehead atoms. The van der Waals surface area contributed by atoms with Gasteiger partial charge in [-0.15, -0.1) is 0 Å². The summed E-state index contributed by atoms with van der Waals surface area (Å²) < 4.78 is 0. The van der Waals surface area contributed by atoms with Gasteiger partial charge in [-0.1, -0.05) is 18.2 Å². The van der Waals surface area contributed by atoms with Crippen LogP contribution in [0.3, 0.4) is 0 Å². The number of nitrogens with zero attached hydrogens (tertiary/aromatic N) is 1. The second-order valence-electron chi connectivity index (χ2n) is 2.88. The third-order valence-electron chi connectivity index (χ3n) is 1.93. The van der Waals surface area contributed by atoms with Crippen LogP contribution in [-0.2, 0) is 0 Å². The molecule has 0 saturated carbocycles. The average molecular weight is 162 g/mol. The van der Waals surface area contributed by atoms with Gasteiger partial charge >= 0.3 is 0 Å². The van der Waals surface area contributed by atoms with Gasteiger partial charge in [-0.2, -0.15) is 5.10 Å². The summed E-state index contributed by atoms with van der Waals surface area (Å²) in [5.41, 5.74) is 2.17. The molecule has 1 aromatic rings. The molecule has 2 heteroatoms. The molecule has 0 fully saturated rings. The summed E-state index contributed by atoms with van der Waals surface area (Å²) in [5.74, 6) is 0. The Hall–Kier alpha value is -1.31. The van der Waals surface area contributed by atoms with Crippen LogP contribution < -0.4 is 10.6 Å². The minimum absolute atomic E-state index is 0.963. The number of aromatic amines is 1. The maximum Gasteiger partial charge on any atom is 0.0663 e. The fourth-order valence-electron chi connectivity index (χ4n) is 0.904. The molecule has 1 N–H and O–H groups in total. The summed E-state index contributed by atoms with van der Waals surface area (Å²) in [4.78, 5) is 0. The van der Waals surface area contributed by atoms with Gasteiger partial charge in [-0.05, 0) is 26.8 Å². The first kappa shape index (κ1) is 8.78. The quantitative estimate of drug-likeness (QED) is 0.652. The Bertz CT molecular complexity index is 396. The molecule has 1 aromatic heterocycles. The highest BCUT2D eigenvalue weighted by Crippen LogP contribution is 1.90. The van der Waals surface area contributed by atoms with E-state index in [1.165, 1.54) is 5.57 Å². The second-order valence-corrected chi connectivity index (χ2v) is 2.88. The first-order valence-electron chi connectivity index (χ1n) is 3.99. The highest BCUT2D eigenvalue weighted by Gasteiger charge is 1.91. The zero-order chi connectivity index (χ0) is 9.14. The van der Waals surface area contributed by atoms with Crippen LogP contribution in [0.2, 0.25) is 0 Å². The third kappa shape index (κ3) is 1.64. The van der Waals surface area contributed by atoms with Crippen LogP contribution in [0.15, 0.2) is 11.6 Å². The summed E-state index contributed by atoms with van der Waals surface area (Å²) in [6.45, 7) is 9.92. The van der Waals surface area contributed by atoms with Crippen molar-refractivity contribution in [3.8, 4) is 0 Å². The molecule has 0 atom stereocenters. The molecule has 0 aliphatic rings. The monoisotopic (exact) mass is 162 g/mol. The van der Waals surface area contributed by atoms with Gasteiger partial charge in [0.1, 0.15) is 0 Å². The predicted octanol–water partition coefficient (Wildman–Crippen LogP) is 0.875. The number of aryl methyl sites for hydroxylation is 1. The molecule has 0 saturated heterocycles. The van der Waals surface area contributed by atoms with Crippen molar-refractivity contribution in [2.45, 2.75) is 20.8 Å². The van der Waals surface area contributed by atoms with Crippen molar-refractivity contribution in [2.75, 3.05) is 0 Å². The average Bonchev–Trinajstić information content (AvgIpc) is 2.36. The van der Waals surface area contributed by atoms with Gasteiger partial charge in [0.05, 0.1) is 11.0 Å². The Labute approximate surface area is 72.3 Å². The molecule has 2 nitrogen and oxygen atoms in total. The Kier molecular flexibility index (Phi) is 2.48. The first-order chi connectivity index (χ1) is 5.65. The number of nitrogens with one attached hydrogen (secondary N) is 1. The lowest BCUT2D eigenvalue weighted by Gasteiger charge is -1.84. The minimum atomic E-state index is 0.963. The Morgan fingerprint density at radius 1 is 1.58 bits per heavy atom. The fraction of sp³-hybridized carbons (Fsp3) is 0.300. The normalized spacial score (nSPS) is 13.9. The van der Waals surface area contributed by atoms with E-state index in [2.05, 4.69) is 29.8 Å². The molecule has 0 amide bonds. The standard InChI is InChI=1S/C10H14N2/c1-5-7(2)6-10-8(3)9(4)11-12-10/h5-6,12H,3H2,1-2,4H3/b7-5-,10-6+. The van der Waals surface area contributed by atoms with E-state index < -0.39 is 0 Å². The Morgan fingerprint density at radius 3 is 2.67 bits per heavy atom. The lowest BCUT2D eigenvalue weighted by Crippen LogP contribution is -2.22. The van der Waals surface area contributed by atoms with Crippen LogP contribution in [0.4, 0.5) is 0 Å². The van der Waals surface area contributed by atoms with Gasteiger partial charge < -0.3 is 0 Å². The van der Waals surface area contributed by atoms with E-state index >= 15 is 0 Å². The SMILES string of the molecule is C=c1c(C)n[nH]/c1=C/C(C)=C\C. The molecular weight excluding hydrogens is 148 g/mol. The van der Waals surface area contributed by atoms with Crippen LogP contribution in [0.1, 0.15) is 19.5 Å². The second kappa shape index (κ2) is 3.39. The zero-order valence-electron chi connectivity index (χ0n) is 7.81. The first-order valence-corrected chi connectivity index (χ1v) is 3.99. The molecule has 0 aliphatic carbocycles. The Morgan fingerprint density at radius 2 is 2.25 bits per heavy atom. The maximum absolute atomic E-state index is 4.06. The van der Waals surface area contributed by atoms with Crippen LogP contribution >= 0.6 is 0 Å². The van der Waals surface area contributed by atoms with Crippen molar-refractivity contribution in [1.82, 2.24) is 10.2 Å². The van der Waals surface area contributed by atoms with E-state index in [0.29, 0.717) is 0 Å². The minimum Gasteiger partial charge on any atom is -0.278 e. The van der Waals surface area contributed by atoms with E-state index in [4.69, 9.17) is 0 Å². The van der Waals surface area contributed by atoms with Crippen molar-refractivity contribution in [3.63, 3.8) is 0 Å². The van der Waals surface area contributed by atoms with E-state index in [9.17, 15) is 0 Å². The molecule has 12 heavy (non-hydrogen) atoms. The van der Waals surface area contributed by atoms with Crippen LogP contribution in [0.25, 0.3) is 12.7 Å². The van der Waals surface area contributed by atoms with Crippen molar-refractivity contribution < 1.29 is 0 Å². The third-order valence-corrected chi connectivity index (χ3v) is 1.93. The fourth-order valence-corrected chi connectivity index (χ4v) is 0.904. The van der Waals surface area contributed by atoms with Crippen molar-refractivity contribution in [2.24, 2.45) is 0 Å². The van der Waals surface area contributed by atoms with E-state index in [1.54, 1.807) is 0 Å². The topological polar surface area (TPSA) is 28.7 Å². The number of hydrogen-bond donors (Lipinski definition) is 1. The number of rotatable bonds is 1. The molecule has 0 spiro atoms. The maximum atomic E-state index is 4.06. The number of hydrogen-bond acceptors (Lipinski definition) is 1. The molecular formula is C10H14N2. The molecule has 0 aliphatic heterocycles. The van der Waals surface area contributed by atoms with Gasteiger partial charge in [0.25, 0.3) is 0 Å². The van der Waals surface area contributed by atoms with E-state index in [1.807, 2.05) is 19.9 Å². The smallest absolute Gasteiger partial charge is 0.0663 e. The van der Waals surface area contributed by atoms with Gasteiger partial charge in [-0.3, -0.25) is 5.10 Å². The predicted molar refractivity (Wildman–Crippen MR) is 52.0 cm³/mol. The van der Waals surface area contributed by atoms with Crippen LogP contribution in [0, 0.1) is 6.92 Å². The summed E-state index contributed by atoms with van der Waals surface area (Å²) in [6, 6.07) is 0. The number of H-pyrrole nitrogens is 1. The molecule has 1 rings (SSSR count). The van der Waals surface area contributed by atoms with Crippen molar-refractivity contribution in [3.05, 3.63) is 27.9 Å². The molecule has 0 unspecified atom stereocenters. The summed E-state index contributed by atoms with van der Waals surface area (Å²) in [7, 11) is 0. The lowest BCUT2D eigenvalue weighted by molar-refractivity contribution is 1.03. The van der Waals surface area contributed by atoms with Gasteiger partial charge in [0, 0.05) is 5.22 Å². The Balaban J connectivity index is 3.29. The summed E-state index contributed by atoms with van der Waals surface area (Å²) in [5, 5.41) is 8.97. The summed E-state index contributed by atoms with van der Waals surface area (Å²) in [6.07, 6.45) is 4.10. The molecule has 0 aromatic carbocycles. The molecule has 0 radical (unpaired) electrons. The summed E-state index contributed by atoms with van der Waals surface area (Å²) >= 11 is 0. The highest BCUT2D eigenvalue weighted by atomic mass is 15.1. The number of aromatic nitrogens is 2. The number of allylic oxidation sites excluding steroid dienone is 2. The van der Waals surface area contributed by atoms with E-state index in [0.717, 1.165) is 16.3 Å². The largest absolute Gasteiger partial charge is 0.278 e. The van der Waals surface area contributed by atoms with Gasteiger partial charge in [0.15, 0.2) is 0 Å². The lowest BCUT2D eigenvalue weighted by atomic mass is 10.2.